The third-order valence-corrected chi connectivity index (χ3v) is 3.62. The Kier molecular flexibility index (Phi) is 4.60. The molecule has 98 valence electrons. The van der Waals surface area contributed by atoms with Gasteiger partial charge in [0, 0.05) is 17.6 Å². The molecule has 1 atom stereocenters. The van der Waals surface area contributed by atoms with Crippen molar-refractivity contribution in [1.29, 1.82) is 0 Å². The monoisotopic (exact) mass is 312 g/mol. The van der Waals surface area contributed by atoms with E-state index in [-0.39, 0.29) is 12.5 Å². The predicted octanol–water partition coefficient (Wildman–Crippen LogP) is 1.64. The Labute approximate surface area is 115 Å². The second-order valence-corrected chi connectivity index (χ2v) is 5.39. The molecule has 0 saturated carbocycles. The fourth-order valence-corrected chi connectivity index (χ4v) is 2.42. The van der Waals surface area contributed by atoms with Gasteiger partial charge in [0.15, 0.2) is 6.61 Å². The molecule has 1 saturated heterocycles. The second kappa shape index (κ2) is 6.20. The van der Waals surface area contributed by atoms with Crippen molar-refractivity contribution >= 4 is 21.8 Å². The molecular weight excluding hydrogens is 296 g/mol. The smallest absolute Gasteiger partial charge is 0.260 e. The van der Waals surface area contributed by atoms with Crippen LogP contribution in [0.3, 0.4) is 0 Å². The van der Waals surface area contributed by atoms with E-state index in [1.54, 1.807) is 0 Å². The van der Waals surface area contributed by atoms with Crippen LogP contribution in [0.5, 0.6) is 5.75 Å². The summed E-state index contributed by atoms with van der Waals surface area (Å²) in [5.74, 6) is 1.18. The number of amides is 1. The molecule has 0 radical (unpaired) electrons. The summed E-state index contributed by atoms with van der Waals surface area (Å²) in [5, 5.41) is 0. The van der Waals surface area contributed by atoms with E-state index in [0.717, 1.165) is 24.0 Å². The van der Waals surface area contributed by atoms with Gasteiger partial charge < -0.3 is 15.4 Å². The molecule has 0 spiro atoms. The molecule has 4 nitrogen and oxygen atoms in total. The molecule has 18 heavy (non-hydrogen) atoms. The number of halogens is 1. The summed E-state index contributed by atoms with van der Waals surface area (Å²) < 4.78 is 6.42. The summed E-state index contributed by atoms with van der Waals surface area (Å²) in [6.45, 7) is 2.30. The molecule has 0 aromatic heterocycles. The molecular formula is C13H17BrN2O2. The van der Waals surface area contributed by atoms with E-state index in [1.165, 1.54) is 0 Å². The van der Waals surface area contributed by atoms with Gasteiger partial charge in [-0.05, 0) is 37.1 Å². The van der Waals surface area contributed by atoms with Crippen molar-refractivity contribution in [3.05, 3.63) is 28.7 Å². The van der Waals surface area contributed by atoms with Crippen molar-refractivity contribution in [1.82, 2.24) is 4.90 Å². The molecule has 5 heteroatoms. The van der Waals surface area contributed by atoms with Crippen molar-refractivity contribution in [3.63, 3.8) is 0 Å². The Morgan fingerprint density at radius 1 is 1.56 bits per heavy atom. The van der Waals surface area contributed by atoms with Gasteiger partial charge in [-0.15, -0.1) is 0 Å². The van der Waals surface area contributed by atoms with Crippen molar-refractivity contribution in [2.75, 3.05) is 26.2 Å². The van der Waals surface area contributed by atoms with E-state index in [9.17, 15) is 4.79 Å². The third-order valence-electron chi connectivity index (χ3n) is 3.13. The molecule has 2 N–H and O–H groups in total. The maximum absolute atomic E-state index is 11.9. The highest BCUT2D eigenvalue weighted by Crippen LogP contribution is 2.18. The topological polar surface area (TPSA) is 55.6 Å². The molecule has 1 aromatic rings. The third kappa shape index (κ3) is 3.46. The Bertz CT molecular complexity index is 425. The van der Waals surface area contributed by atoms with Gasteiger partial charge in [-0.1, -0.05) is 22.0 Å². The molecule has 0 bridgehead atoms. The van der Waals surface area contributed by atoms with Crippen LogP contribution < -0.4 is 10.5 Å². The molecule has 0 aliphatic carbocycles. The number of carbonyl (C=O) groups excluding carboxylic acids is 1. The normalized spacial score (nSPS) is 19.0. The number of hydrogen-bond acceptors (Lipinski definition) is 3. The quantitative estimate of drug-likeness (QED) is 0.919. The molecule has 1 aromatic carbocycles. The Balaban J connectivity index is 1.82. The lowest BCUT2D eigenvalue weighted by molar-refractivity contribution is -0.132. The van der Waals surface area contributed by atoms with Crippen LogP contribution in [0.1, 0.15) is 6.42 Å². The summed E-state index contributed by atoms with van der Waals surface area (Å²) in [6.07, 6.45) is 0.999. The molecule has 1 unspecified atom stereocenters. The molecule has 1 aliphatic heterocycles. The zero-order chi connectivity index (χ0) is 13.0. The van der Waals surface area contributed by atoms with Crippen LogP contribution in [0, 0.1) is 5.92 Å². The van der Waals surface area contributed by atoms with Gasteiger partial charge in [0.2, 0.25) is 0 Å². The molecule has 1 amide bonds. The van der Waals surface area contributed by atoms with Crippen LogP contribution in [-0.4, -0.2) is 37.0 Å². The SMILES string of the molecule is NCC1CCN(C(=O)COc2cccc(Br)c2)C1. The first-order chi connectivity index (χ1) is 8.69. The van der Waals surface area contributed by atoms with E-state index in [1.807, 2.05) is 29.2 Å². The summed E-state index contributed by atoms with van der Waals surface area (Å²) in [7, 11) is 0. The largest absolute Gasteiger partial charge is 0.484 e. The van der Waals surface area contributed by atoms with Crippen LogP contribution in [-0.2, 0) is 4.79 Å². The first kappa shape index (κ1) is 13.4. The fraction of sp³-hybridized carbons (Fsp3) is 0.462. The minimum absolute atomic E-state index is 0.0333. The van der Waals surface area contributed by atoms with Crippen molar-refractivity contribution in [2.24, 2.45) is 11.7 Å². The minimum atomic E-state index is 0.0333. The average Bonchev–Trinajstić information content (AvgIpc) is 2.85. The van der Waals surface area contributed by atoms with Gasteiger partial charge in [0.25, 0.3) is 5.91 Å². The van der Waals surface area contributed by atoms with Gasteiger partial charge in [-0.2, -0.15) is 0 Å². The average molecular weight is 313 g/mol. The number of benzene rings is 1. The van der Waals surface area contributed by atoms with Gasteiger partial charge >= 0.3 is 0 Å². The lowest BCUT2D eigenvalue weighted by Gasteiger charge is -2.16. The molecule has 1 aliphatic rings. The summed E-state index contributed by atoms with van der Waals surface area (Å²) >= 11 is 3.36. The van der Waals surface area contributed by atoms with Gasteiger partial charge in [0.05, 0.1) is 0 Å². The molecule has 1 fully saturated rings. The van der Waals surface area contributed by atoms with Crippen LogP contribution in [0.4, 0.5) is 0 Å². The zero-order valence-electron chi connectivity index (χ0n) is 10.1. The first-order valence-corrected chi connectivity index (χ1v) is 6.84. The maximum Gasteiger partial charge on any atom is 0.260 e. The number of carbonyl (C=O) groups is 1. The molecule has 2 rings (SSSR count). The number of ether oxygens (including phenoxy) is 1. The number of nitrogens with zero attached hydrogens (tertiary/aromatic N) is 1. The molecule has 1 heterocycles. The van der Waals surface area contributed by atoms with Crippen LogP contribution in [0.2, 0.25) is 0 Å². The van der Waals surface area contributed by atoms with E-state index in [0.29, 0.717) is 18.2 Å². The Morgan fingerprint density at radius 3 is 3.06 bits per heavy atom. The minimum Gasteiger partial charge on any atom is -0.484 e. The van der Waals surface area contributed by atoms with E-state index >= 15 is 0 Å². The Hall–Kier alpha value is -1.07. The zero-order valence-corrected chi connectivity index (χ0v) is 11.7. The lowest BCUT2D eigenvalue weighted by atomic mass is 10.1. The Morgan fingerprint density at radius 2 is 2.39 bits per heavy atom. The van der Waals surface area contributed by atoms with Gasteiger partial charge in [-0.25, -0.2) is 0 Å². The highest BCUT2D eigenvalue weighted by atomic mass is 79.9. The number of hydrogen-bond donors (Lipinski definition) is 1. The van der Waals surface area contributed by atoms with Crippen LogP contribution in [0.25, 0.3) is 0 Å². The summed E-state index contributed by atoms with van der Waals surface area (Å²) in [6, 6.07) is 7.48. The van der Waals surface area contributed by atoms with Crippen molar-refractivity contribution in [2.45, 2.75) is 6.42 Å². The van der Waals surface area contributed by atoms with Crippen molar-refractivity contribution < 1.29 is 9.53 Å². The highest BCUT2D eigenvalue weighted by Gasteiger charge is 2.25. The second-order valence-electron chi connectivity index (χ2n) is 4.48. The number of rotatable bonds is 4. The first-order valence-electron chi connectivity index (χ1n) is 6.05. The van der Waals surface area contributed by atoms with E-state index in [2.05, 4.69) is 15.9 Å². The highest BCUT2D eigenvalue weighted by molar-refractivity contribution is 9.10. The van der Waals surface area contributed by atoms with Gasteiger partial charge in [-0.3, -0.25) is 4.79 Å². The maximum atomic E-state index is 11.9. The van der Waals surface area contributed by atoms with E-state index in [4.69, 9.17) is 10.5 Å². The van der Waals surface area contributed by atoms with Gasteiger partial charge in [0.1, 0.15) is 5.75 Å². The van der Waals surface area contributed by atoms with Crippen LogP contribution in [0.15, 0.2) is 28.7 Å². The predicted molar refractivity (Wildman–Crippen MR) is 73.4 cm³/mol. The lowest BCUT2D eigenvalue weighted by Crippen LogP contribution is -2.33. The van der Waals surface area contributed by atoms with Crippen molar-refractivity contribution in [3.8, 4) is 5.75 Å². The summed E-state index contributed by atoms with van der Waals surface area (Å²) in [4.78, 5) is 13.7. The fourth-order valence-electron chi connectivity index (χ4n) is 2.04. The van der Waals surface area contributed by atoms with Crippen LogP contribution >= 0.6 is 15.9 Å². The standard InChI is InChI=1S/C13H17BrN2O2/c14-11-2-1-3-12(6-11)18-9-13(17)16-5-4-10(7-15)8-16/h1-3,6,10H,4-5,7-9,15H2. The summed E-state index contributed by atoms with van der Waals surface area (Å²) in [5.41, 5.74) is 5.60. The number of likely N-dealkylation sites (tertiary alicyclic amines) is 1. The van der Waals surface area contributed by atoms with E-state index < -0.39 is 0 Å². The number of nitrogens with two attached hydrogens (primary N) is 1.